The van der Waals surface area contributed by atoms with Gasteiger partial charge in [0.25, 0.3) is 0 Å². The minimum absolute atomic E-state index is 0.0807. The van der Waals surface area contributed by atoms with Gasteiger partial charge in [0.05, 0.1) is 12.3 Å². The van der Waals surface area contributed by atoms with Crippen LogP contribution in [0.5, 0.6) is 5.75 Å². The zero-order valence-electron chi connectivity index (χ0n) is 8.74. The molecule has 0 radical (unpaired) electrons. The molecule has 7 nitrogen and oxygen atoms in total. The molecule has 1 aliphatic heterocycles. The maximum atomic E-state index is 11.2. The van der Waals surface area contributed by atoms with E-state index in [1.165, 1.54) is 0 Å². The molecule has 0 saturated carbocycles. The van der Waals surface area contributed by atoms with Crippen molar-refractivity contribution in [1.29, 1.82) is 0 Å². The van der Waals surface area contributed by atoms with Crippen LogP contribution >= 0.6 is 0 Å². The predicted octanol–water partition coefficient (Wildman–Crippen LogP) is 1.57. The summed E-state index contributed by atoms with van der Waals surface area (Å²) < 4.78 is 5.14. The summed E-state index contributed by atoms with van der Waals surface area (Å²) in [6.07, 6.45) is 0. The molecule has 4 amide bonds. The number of imide groups is 1. The molecule has 88 valence electrons. The third-order valence-corrected chi connectivity index (χ3v) is 2.06. The lowest BCUT2D eigenvalue weighted by Crippen LogP contribution is -2.27. The molecule has 1 heterocycles. The van der Waals surface area contributed by atoms with Gasteiger partial charge in [-0.1, -0.05) is 10.2 Å². The molecule has 1 N–H and O–H groups in total. The van der Waals surface area contributed by atoms with Crippen molar-refractivity contribution >= 4 is 17.7 Å². The van der Waals surface area contributed by atoms with E-state index in [4.69, 9.17) is 9.84 Å². The molecular weight excluding hydrogens is 226 g/mol. The molecule has 1 aliphatic rings. The maximum Gasteiger partial charge on any atom is 0.375 e. The Morgan fingerprint density at radius 2 is 1.71 bits per heavy atom. The van der Waals surface area contributed by atoms with Crippen LogP contribution in [0, 0.1) is 0 Å². The monoisotopic (exact) mass is 235 g/mol. The highest BCUT2D eigenvalue weighted by molar-refractivity contribution is 6.17. The molecule has 0 aliphatic carbocycles. The van der Waals surface area contributed by atoms with Gasteiger partial charge < -0.3 is 9.84 Å². The van der Waals surface area contributed by atoms with Crippen molar-refractivity contribution in [2.24, 2.45) is 10.2 Å². The van der Waals surface area contributed by atoms with E-state index < -0.39 is 12.1 Å². The smallest absolute Gasteiger partial charge is 0.375 e. The van der Waals surface area contributed by atoms with Crippen molar-refractivity contribution in [3.63, 3.8) is 0 Å². The number of aliphatic hydroxyl groups excluding tert-OH is 1. The Morgan fingerprint density at radius 1 is 1.12 bits per heavy atom. The lowest BCUT2D eigenvalue weighted by Gasteiger charge is -2.11. The summed E-state index contributed by atoms with van der Waals surface area (Å²) in [5.41, 5.74) is 0.376. The molecule has 0 aromatic heterocycles. The van der Waals surface area contributed by atoms with Crippen LogP contribution in [0.2, 0.25) is 0 Å². The van der Waals surface area contributed by atoms with Gasteiger partial charge in [0.1, 0.15) is 12.4 Å². The number of nitrogens with zero attached hydrogens (tertiary/aromatic N) is 3. The summed E-state index contributed by atoms with van der Waals surface area (Å²) >= 11 is 0. The predicted molar refractivity (Wildman–Crippen MR) is 57.1 cm³/mol. The van der Waals surface area contributed by atoms with Crippen LogP contribution in [-0.4, -0.2) is 30.4 Å². The molecule has 7 heteroatoms. The molecule has 0 atom stereocenters. The zero-order chi connectivity index (χ0) is 12.3. The van der Waals surface area contributed by atoms with Gasteiger partial charge in [-0.05, 0) is 24.3 Å². The van der Waals surface area contributed by atoms with Crippen LogP contribution < -0.4 is 9.64 Å². The molecule has 17 heavy (non-hydrogen) atoms. The summed E-state index contributed by atoms with van der Waals surface area (Å²) in [6, 6.07) is 4.84. The number of amides is 4. The number of urea groups is 2. The first-order valence-corrected chi connectivity index (χ1v) is 4.86. The Kier molecular flexibility index (Phi) is 3.10. The van der Waals surface area contributed by atoms with Crippen molar-refractivity contribution in [2.45, 2.75) is 0 Å². The first-order chi connectivity index (χ1) is 8.22. The summed E-state index contributed by atoms with van der Waals surface area (Å²) in [5, 5.41) is 14.9. The molecule has 1 aromatic carbocycles. The second-order valence-corrected chi connectivity index (χ2v) is 3.17. The number of aliphatic hydroxyl groups is 1. The maximum absolute atomic E-state index is 11.2. The summed E-state index contributed by atoms with van der Waals surface area (Å²) in [7, 11) is 0. The van der Waals surface area contributed by atoms with Crippen molar-refractivity contribution in [3.05, 3.63) is 24.3 Å². The van der Waals surface area contributed by atoms with Crippen LogP contribution in [0.3, 0.4) is 0 Å². The topological polar surface area (TPSA) is 91.6 Å². The fourth-order valence-corrected chi connectivity index (χ4v) is 1.33. The summed E-state index contributed by atoms with van der Waals surface area (Å²) in [6.45, 7) is 0.105. The van der Waals surface area contributed by atoms with Gasteiger partial charge in [-0.15, -0.1) is 0 Å². The first kappa shape index (κ1) is 11.2. The van der Waals surface area contributed by atoms with Gasteiger partial charge >= 0.3 is 12.1 Å². The number of carbonyl (C=O) groups is 2. The Labute approximate surface area is 96.3 Å². The molecule has 1 aromatic rings. The highest BCUT2D eigenvalue weighted by Crippen LogP contribution is 2.23. The van der Waals surface area contributed by atoms with Gasteiger partial charge in [0.2, 0.25) is 0 Å². The van der Waals surface area contributed by atoms with E-state index in [1.54, 1.807) is 24.3 Å². The van der Waals surface area contributed by atoms with Crippen LogP contribution in [0.1, 0.15) is 0 Å². The quantitative estimate of drug-likeness (QED) is 0.857. The number of hydrogen-bond acceptors (Lipinski definition) is 4. The van der Waals surface area contributed by atoms with Gasteiger partial charge in [0, 0.05) is 0 Å². The fraction of sp³-hybridized carbons (Fsp3) is 0.200. The van der Waals surface area contributed by atoms with E-state index in [-0.39, 0.29) is 13.2 Å². The third-order valence-electron chi connectivity index (χ3n) is 2.06. The van der Waals surface area contributed by atoms with E-state index in [2.05, 4.69) is 10.2 Å². The number of hydrogen-bond donors (Lipinski definition) is 1. The van der Waals surface area contributed by atoms with E-state index in [0.29, 0.717) is 11.4 Å². The van der Waals surface area contributed by atoms with Crippen molar-refractivity contribution in [3.8, 4) is 5.75 Å². The fourth-order valence-electron chi connectivity index (χ4n) is 1.33. The lowest BCUT2D eigenvalue weighted by molar-refractivity contribution is 0.201. The Hall–Kier alpha value is -2.28. The summed E-state index contributed by atoms with van der Waals surface area (Å²) in [5.74, 6) is 0.538. The van der Waals surface area contributed by atoms with Crippen molar-refractivity contribution in [1.82, 2.24) is 0 Å². The normalized spacial score (nSPS) is 14.5. The second kappa shape index (κ2) is 4.71. The Morgan fingerprint density at radius 3 is 2.24 bits per heavy atom. The number of anilines is 1. The molecule has 0 bridgehead atoms. The Bertz CT molecular complexity index is 451. The van der Waals surface area contributed by atoms with E-state index in [1.807, 2.05) is 0 Å². The highest BCUT2D eigenvalue weighted by Gasteiger charge is 2.28. The molecular formula is C10H9N3O4. The summed E-state index contributed by atoms with van der Waals surface area (Å²) in [4.78, 5) is 23.3. The molecule has 0 fully saturated rings. The number of carbonyl (C=O) groups excluding carboxylic acids is 2. The Balaban J connectivity index is 2.13. The SMILES string of the molecule is O=C1N=NC(=O)N1c1ccc(OCCO)cc1. The second-order valence-electron chi connectivity index (χ2n) is 3.17. The standard InChI is InChI=1S/C10H9N3O4/c14-5-6-17-8-3-1-7(2-4-8)13-9(15)11-12-10(13)16/h1-4,14H,5-6H2. The van der Waals surface area contributed by atoms with Gasteiger partial charge in [0.15, 0.2) is 0 Å². The van der Waals surface area contributed by atoms with Crippen LogP contribution in [0.25, 0.3) is 0 Å². The van der Waals surface area contributed by atoms with Crippen LogP contribution in [0.15, 0.2) is 34.5 Å². The highest BCUT2D eigenvalue weighted by atomic mass is 16.5. The molecule has 2 rings (SSSR count). The minimum Gasteiger partial charge on any atom is -0.491 e. The van der Waals surface area contributed by atoms with Gasteiger partial charge in [-0.25, -0.2) is 14.5 Å². The third kappa shape index (κ3) is 2.28. The van der Waals surface area contributed by atoms with Gasteiger partial charge in [-0.2, -0.15) is 0 Å². The number of ether oxygens (including phenoxy) is 1. The van der Waals surface area contributed by atoms with Gasteiger partial charge in [-0.3, -0.25) is 0 Å². The molecule has 0 saturated heterocycles. The molecule has 0 unspecified atom stereocenters. The van der Waals surface area contributed by atoms with Crippen molar-refractivity contribution in [2.75, 3.05) is 18.1 Å². The number of benzene rings is 1. The van der Waals surface area contributed by atoms with E-state index in [0.717, 1.165) is 4.90 Å². The number of azo groups is 1. The van der Waals surface area contributed by atoms with Crippen molar-refractivity contribution < 1.29 is 19.4 Å². The average molecular weight is 235 g/mol. The lowest BCUT2D eigenvalue weighted by atomic mass is 10.3. The van der Waals surface area contributed by atoms with E-state index >= 15 is 0 Å². The van der Waals surface area contributed by atoms with Crippen LogP contribution in [0.4, 0.5) is 15.3 Å². The molecule has 0 spiro atoms. The van der Waals surface area contributed by atoms with Crippen LogP contribution in [-0.2, 0) is 0 Å². The zero-order valence-corrected chi connectivity index (χ0v) is 8.74. The number of rotatable bonds is 4. The average Bonchev–Trinajstić information content (AvgIpc) is 2.67. The minimum atomic E-state index is -0.709. The first-order valence-electron chi connectivity index (χ1n) is 4.86. The van der Waals surface area contributed by atoms with E-state index in [9.17, 15) is 9.59 Å². The largest absolute Gasteiger partial charge is 0.491 e.